The van der Waals surface area contributed by atoms with E-state index in [-0.39, 0.29) is 5.63 Å². The highest BCUT2D eigenvalue weighted by Gasteiger charge is 2.11. The Labute approximate surface area is 146 Å². The molecule has 0 amide bonds. The van der Waals surface area contributed by atoms with Gasteiger partial charge in [-0.3, -0.25) is 0 Å². The minimum atomic E-state index is -0.316. The lowest BCUT2D eigenvalue weighted by molar-refractivity contribution is -0.672. The van der Waals surface area contributed by atoms with Crippen molar-refractivity contribution >= 4 is 22.6 Å². The zero-order valence-electron chi connectivity index (χ0n) is 13.9. The third-order valence-corrected chi connectivity index (χ3v) is 4.77. The van der Waals surface area contributed by atoms with Crippen molar-refractivity contribution in [2.24, 2.45) is 0 Å². The molecular weight excluding hydrogens is 322 g/mol. The number of hydrogen-bond acceptors (Lipinski definition) is 2. The number of rotatable bonds is 5. The molecule has 3 rings (SSSR count). The lowest BCUT2D eigenvalue weighted by atomic mass is 10.0. The van der Waals surface area contributed by atoms with Gasteiger partial charge in [0.25, 0.3) is 0 Å². The number of hydrogen-bond donors (Lipinski definition) is 1. The maximum Gasteiger partial charge on any atom is 0.336 e. The Morgan fingerprint density at radius 1 is 1.17 bits per heavy atom. The molecule has 0 saturated carbocycles. The molecule has 0 saturated heterocycles. The molecule has 0 spiro atoms. The van der Waals surface area contributed by atoms with Gasteiger partial charge in [0, 0.05) is 28.0 Å². The fourth-order valence-electron chi connectivity index (χ4n) is 2.92. The number of fused-ring (bicyclic) bond motifs is 1. The summed E-state index contributed by atoms with van der Waals surface area (Å²) >= 11 is 6.23. The molecule has 2 N–H and O–H groups in total. The van der Waals surface area contributed by atoms with Crippen molar-refractivity contribution in [3.63, 3.8) is 0 Å². The van der Waals surface area contributed by atoms with Gasteiger partial charge < -0.3 is 9.73 Å². The third-order valence-electron chi connectivity index (χ3n) is 4.36. The van der Waals surface area contributed by atoms with E-state index in [1.54, 1.807) is 6.07 Å². The highest BCUT2D eigenvalue weighted by Crippen LogP contribution is 2.24. The molecule has 0 fully saturated rings. The summed E-state index contributed by atoms with van der Waals surface area (Å²) in [5.74, 6) is 0.448. The first-order valence-corrected chi connectivity index (χ1v) is 8.52. The molecule has 0 aliphatic carbocycles. The summed E-state index contributed by atoms with van der Waals surface area (Å²) in [5, 5.41) is 3.82. The highest BCUT2D eigenvalue weighted by molar-refractivity contribution is 6.32. The van der Waals surface area contributed by atoms with Gasteiger partial charge in [-0.25, -0.2) is 4.79 Å². The van der Waals surface area contributed by atoms with Crippen molar-refractivity contribution in [3.05, 3.63) is 80.7 Å². The van der Waals surface area contributed by atoms with Gasteiger partial charge in [0.1, 0.15) is 12.1 Å². The van der Waals surface area contributed by atoms with E-state index in [2.05, 4.69) is 36.5 Å². The standard InChI is InChI=1S/C20H20ClNO2/c1-13-8-19-17(10-18(13)21)16(9-20(23)24-19)12-22-11-14(2)15-6-4-3-5-7-15/h3-10,14,22H,11-12H2,1-2H3/p+1/t14-/m1/s1. The number of quaternary nitrogens is 1. The molecule has 0 radical (unpaired) electrons. The summed E-state index contributed by atoms with van der Waals surface area (Å²) < 4.78 is 5.31. The van der Waals surface area contributed by atoms with E-state index in [4.69, 9.17) is 16.0 Å². The Hall–Kier alpha value is -2.10. The minimum absolute atomic E-state index is 0.316. The maximum absolute atomic E-state index is 11.8. The van der Waals surface area contributed by atoms with E-state index in [9.17, 15) is 4.79 Å². The number of nitrogens with two attached hydrogens (primary N) is 1. The fraction of sp³-hybridized carbons (Fsp3) is 0.250. The van der Waals surface area contributed by atoms with Crippen LogP contribution in [-0.4, -0.2) is 6.54 Å². The zero-order chi connectivity index (χ0) is 17.1. The Balaban J connectivity index is 1.78. The molecule has 2 aromatic carbocycles. The van der Waals surface area contributed by atoms with Crippen LogP contribution < -0.4 is 10.9 Å². The number of benzene rings is 2. The zero-order valence-corrected chi connectivity index (χ0v) is 14.6. The molecule has 3 nitrogen and oxygen atoms in total. The molecule has 0 aliphatic heterocycles. The number of aryl methyl sites for hydroxylation is 1. The van der Waals surface area contributed by atoms with Crippen LogP contribution in [-0.2, 0) is 6.54 Å². The summed E-state index contributed by atoms with van der Waals surface area (Å²) in [4.78, 5) is 11.8. The second kappa shape index (κ2) is 7.20. The lowest BCUT2D eigenvalue weighted by Crippen LogP contribution is -2.83. The Kier molecular flexibility index (Phi) is 5.03. The molecule has 0 bridgehead atoms. The summed E-state index contributed by atoms with van der Waals surface area (Å²) in [6, 6.07) is 15.7. The smallest absolute Gasteiger partial charge is 0.336 e. The van der Waals surface area contributed by atoms with Crippen molar-refractivity contribution in [2.45, 2.75) is 26.3 Å². The predicted molar refractivity (Wildman–Crippen MR) is 97.6 cm³/mol. The summed E-state index contributed by atoms with van der Waals surface area (Å²) in [5.41, 5.74) is 3.48. The summed E-state index contributed by atoms with van der Waals surface area (Å²) in [6.07, 6.45) is 0. The van der Waals surface area contributed by atoms with Gasteiger partial charge in [0.05, 0.1) is 6.54 Å². The molecule has 4 heteroatoms. The van der Waals surface area contributed by atoms with Crippen LogP contribution in [0.3, 0.4) is 0 Å². The van der Waals surface area contributed by atoms with Crippen LogP contribution in [0.4, 0.5) is 0 Å². The normalized spacial score (nSPS) is 12.5. The minimum Gasteiger partial charge on any atom is -0.423 e. The summed E-state index contributed by atoms with van der Waals surface area (Å²) in [6.45, 7) is 5.79. The predicted octanol–water partition coefficient (Wildman–Crippen LogP) is 3.62. The van der Waals surface area contributed by atoms with E-state index < -0.39 is 0 Å². The molecule has 3 aromatic rings. The molecule has 24 heavy (non-hydrogen) atoms. The maximum atomic E-state index is 11.8. The van der Waals surface area contributed by atoms with Crippen molar-refractivity contribution in [2.75, 3.05) is 6.54 Å². The second-order valence-corrected chi connectivity index (χ2v) is 6.64. The molecule has 124 valence electrons. The number of halogens is 1. The van der Waals surface area contributed by atoms with E-state index in [1.807, 2.05) is 25.1 Å². The molecular formula is C20H21ClNO2+. The van der Waals surface area contributed by atoms with Gasteiger partial charge in [-0.05, 0) is 30.2 Å². The van der Waals surface area contributed by atoms with Gasteiger partial charge in [0.15, 0.2) is 0 Å². The average Bonchev–Trinajstić information content (AvgIpc) is 2.57. The molecule has 1 heterocycles. The van der Waals surface area contributed by atoms with Crippen LogP contribution in [0.25, 0.3) is 11.0 Å². The molecule has 0 aliphatic rings. The van der Waals surface area contributed by atoms with Gasteiger partial charge in [-0.15, -0.1) is 0 Å². The van der Waals surface area contributed by atoms with Crippen LogP contribution in [0.1, 0.15) is 29.5 Å². The molecule has 1 aromatic heterocycles. The first-order valence-electron chi connectivity index (χ1n) is 8.14. The van der Waals surface area contributed by atoms with Crippen LogP contribution in [0.2, 0.25) is 5.02 Å². The first kappa shape index (κ1) is 16.7. The molecule has 1 atom stereocenters. The SMILES string of the molecule is Cc1cc2oc(=O)cc(C[NH2+]C[C@@H](C)c3ccccc3)c2cc1Cl. The van der Waals surface area contributed by atoms with Crippen LogP contribution in [0, 0.1) is 6.92 Å². The third kappa shape index (κ3) is 3.69. The van der Waals surface area contributed by atoms with E-state index in [1.165, 1.54) is 5.56 Å². The highest BCUT2D eigenvalue weighted by atomic mass is 35.5. The van der Waals surface area contributed by atoms with Gasteiger partial charge in [0.2, 0.25) is 0 Å². The Morgan fingerprint density at radius 3 is 2.67 bits per heavy atom. The fourth-order valence-corrected chi connectivity index (χ4v) is 3.09. The van der Waals surface area contributed by atoms with Gasteiger partial charge >= 0.3 is 5.63 Å². The van der Waals surface area contributed by atoms with E-state index in [0.717, 1.165) is 29.6 Å². The first-order chi connectivity index (χ1) is 11.5. The van der Waals surface area contributed by atoms with Crippen LogP contribution in [0.5, 0.6) is 0 Å². The Bertz CT molecular complexity index is 903. The van der Waals surface area contributed by atoms with Crippen molar-refractivity contribution in [1.82, 2.24) is 0 Å². The average molecular weight is 343 g/mol. The largest absolute Gasteiger partial charge is 0.423 e. The monoisotopic (exact) mass is 342 g/mol. The Morgan fingerprint density at radius 2 is 1.92 bits per heavy atom. The van der Waals surface area contributed by atoms with Crippen molar-refractivity contribution in [3.8, 4) is 0 Å². The van der Waals surface area contributed by atoms with Crippen molar-refractivity contribution in [1.29, 1.82) is 0 Å². The quantitative estimate of drug-likeness (QED) is 0.720. The van der Waals surface area contributed by atoms with Gasteiger partial charge in [-0.2, -0.15) is 0 Å². The van der Waals surface area contributed by atoms with Gasteiger partial charge in [-0.1, -0.05) is 48.9 Å². The van der Waals surface area contributed by atoms with E-state index >= 15 is 0 Å². The topological polar surface area (TPSA) is 46.8 Å². The second-order valence-electron chi connectivity index (χ2n) is 6.23. The van der Waals surface area contributed by atoms with Crippen LogP contribution in [0.15, 0.2) is 57.7 Å². The van der Waals surface area contributed by atoms with Crippen LogP contribution >= 0.6 is 11.6 Å². The van der Waals surface area contributed by atoms with Crippen molar-refractivity contribution < 1.29 is 9.73 Å². The van der Waals surface area contributed by atoms with E-state index in [0.29, 0.717) is 16.5 Å². The summed E-state index contributed by atoms with van der Waals surface area (Å²) in [7, 11) is 0. The lowest BCUT2D eigenvalue weighted by Gasteiger charge is -2.11. The molecule has 0 unspecified atom stereocenters.